The smallest absolute Gasteiger partial charge is 0.0964 e. The molecule has 0 amide bonds. The number of hydrogen-bond acceptors (Lipinski definition) is 4. The molecule has 1 saturated heterocycles. The molecule has 17 heavy (non-hydrogen) atoms. The molecular formula is C12H21N3O2. The predicted octanol–water partition coefficient (Wildman–Crippen LogP) is 0.137. The Kier molecular flexibility index (Phi) is 4.15. The molecule has 1 aliphatic heterocycles. The number of hydrogen-bond donors (Lipinski definition) is 1. The van der Waals surface area contributed by atoms with E-state index in [-0.39, 0.29) is 6.10 Å². The summed E-state index contributed by atoms with van der Waals surface area (Å²) < 4.78 is 7.47. The molecule has 0 saturated carbocycles. The van der Waals surface area contributed by atoms with Gasteiger partial charge in [-0.3, -0.25) is 4.68 Å². The lowest BCUT2D eigenvalue weighted by molar-refractivity contribution is -0.0823. The molecule has 2 rings (SSSR count). The lowest BCUT2D eigenvalue weighted by Crippen LogP contribution is -2.46. The minimum absolute atomic E-state index is 0.0845. The zero-order valence-electron chi connectivity index (χ0n) is 10.5. The first-order chi connectivity index (χ1) is 8.19. The topological polar surface area (TPSA) is 50.5 Å². The van der Waals surface area contributed by atoms with Gasteiger partial charge in [-0.05, 0) is 19.5 Å². The standard InChI is InChI=1S/C12H21N3O2/c1-3-15-8-10(7-13-15)6-11(16)12-9-14(2)4-5-17-12/h7-8,11-12,16H,3-6,9H2,1-2H3. The Hall–Kier alpha value is -0.910. The summed E-state index contributed by atoms with van der Waals surface area (Å²) in [4.78, 5) is 2.19. The third kappa shape index (κ3) is 3.28. The Morgan fingerprint density at radius 2 is 2.47 bits per heavy atom. The largest absolute Gasteiger partial charge is 0.390 e. The van der Waals surface area contributed by atoms with Gasteiger partial charge in [0.2, 0.25) is 0 Å². The van der Waals surface area contributed by atoms with Gasteiger partial charge in [0, 0.05) is 32.3 Å². The van der Waals surface area contributed by atoms with Crippen molar-refractivity contribution in [1.29, 1.82) is 0 Å². The highest BCUT2D eigenvalue weighted by molar-refractivity contribution is 5.06. The number of ether oxygens (including phenoxy) is 1. The normalized spacial score (nSPS) is 23.8. The highest BCUT2D eigenvalue weighted by atomic mass is 16.5. The Bertz CT molecular complexity index is 353. The SMILES string of the molecule is CCn1cc(CC(O)C2CN(C)CCO2)cn1. The van der Waals surface area contributed by atoms with Gasteiger partial charge in [0.15, 0.2) is 0 Å². The molecule has 0 aromatic carbocycles. The monoisotopic (exact) mass is 239 g/mol. The van der Waals surface area contributed by atoms with Gasteiger partial charge in [0.25, 0.3) is 0 Å². The van der Waals surface area contributed by atoms with Crippen molar-refractivity contribution in [3.05, 3.63) is 18.0 Å². The van der Waals surface area contributed by atoms with Crippen molar-refractivity contribution in [2.24, 2.45) is 0 Å². The van der Waals surface area contributed by atoms with Gasteiger partial charge >= 0.3 is 0 Å². The fraction of sp³-hybridized carbons (Fsp3) is 0.750. The average Bonchev–Trinajstić information content (AvgIpc) is 2.77. The van der Waals surface area contributed by atoms with E-state index in [0.717, 1.165) is 25.2 Å². The van der Waals surface area contributed by atoms with E-state index in [4.69, 9.17) is 4.74 Å². The molecule has 0 radical (unpaired) electrons. The molecule has 96 valence electrons. The number of rotatable bonds is 4. The molecule has 1 aromatic heterocycles. The summed E-state index contributed by atoms with van der Waals surface area (Å²) in [5, 5.41) is 14.3. The maximum atomic E-state index is 10.1. The molecule has 0 bridgehead atoms. The van der Waals surface area contributed by atoms with Gasteiger partial charge in [-0.2, -0.15) is 5.10 Å². The highest BCUT2D eigenvalue weighted by Gasteiger charge is 2.25. The number of nitrogens with zero attached hydrogens (tertiary/aromatic N) is 3. The number of aliphatic hydroxyl groups is 1. The molecule has 1 N–H and O–H groups in total. The molecular weight excluding hydrogens is 218 g/mol. The first-order valence-corrected chi connectivity index (χ1v) is 6.18. The fourth-order valence-corrected chi connectivity index (χ4v) is 2.10. The second kappa shape index (κ2) is 5.62. The third-order valence-electron chi connectivity index (χ3n) is 3.18. The quantitative estimate of drug-likeness (QED) is 0.812. The molecule has 2 atom stereocenters. The van der Waals surface area contributed by atoms with E-state index in [0.29, 0.717) is 13.0 Å². The van der Waals surface area contributed by atoms with Crippen LogP contribution in [-0.4, -0.2) is 58.7 Å². The van der Waals surface area contributed by atoms with Crippen molar-refractivity contribution in [3.63, 3.8) is 0 Å². The van der Waals surface area contributed by atoms with Crippen LogP contribution < -0.4 is 0 Å². The molecule has 2 heterocycles. The Labute approximate surface area is 102 Å². The lowest BCUT2D eigenvalue weighted by atomic mass is 10.1. The molecule has 2 unspecified atom stereocenters. The average molecular weight is 239 g/mol. The van der Waals surface area contributed by atoms with Gasteiger partial charge in [-0.15, -0.1) is 0 Å². The molecule has 0 aliphatic carbocycles. The van der Waals surface area contributed by atoms with Crippen LogP contribution in [0.25, 0.3) is 0 Å². The zero-order chi connectivity index (χ0) is 12.3. The van der Waals surface area contributed by atoms with E-state index in [1.165, 1.54) is 0 Å². The summed E-state index contributed by atoms with van der Waals surface area (Å²) in [6, 6.07) is 0. The van der Waals surface area contributed by atoms with Gasteiger partial charge in [0.05, 0.1) is 25.0 Å². The van der Waals surface area contributed by atoms with Crippen LogP contribution in [0, 0.1) is 0 Å². The van der Waals surface area contributed by atoms with Crippen LogP contribution in [0.1, 0.15) is 12.5 Å². The van der Waals surface area contributed by atoms with Gasteiger partial charge in [-0.1, -0.05) is 0 Å². The summed E-state index contributed by atoms with van der Waals surface area (Å²) >= 11 is 0. The zero-order valence-corrected chi connectivity index (χ0v) is 10.5. The van der Waals surface area contributed by atoms with Crippen molar-refractivity contribution in [2.75, 3.05) is 26.7 Å². The van der Waals surface area contributed by atoms with Crippen molar-refractivity contribution < 1.29 is 9.84 Å². The Morgan fingerprint density at radius 1 is 1.65 bits per heavy atom. The molecule has 1 aliphatic rings. The number of aryl methyl sites for hydroxylation is 1. The van der Waals surface area contributed by atoms with Crippen LogP contribution in [-0.2, 0) is 17.7 Å². The molecule has 0 spiro atoms. The maximum absolute atomic E-state index is 10.1. The first kappa shape index (κ1) is 12.5. The van der Waals surface area contributed by atoms with Crippen molar-refractivity contribution in [3.8, 4) is 0 Å². The van der Waals surface area contributed by atoms with Crippen LogP contribution in [0.5, 0.6) is 0 Å². The lowest BCUT2D eigenvalue weighted by Gasteiger charge is -2.32. The van der Waals surface area contributed by atoms with E-state index in [9.17, 15) is 5.11 Å². The van der Waals surface area contributed by atoms with Crippen LogP contribution in [0.3, 0.4) is 0 Å². The van der Waals surface area contributed by atoms with Crippen LogP contribution in [0.4, 0.5) is 0 Å². The summed E-state index contributed by atoms with van der Waals surface area (Å²) in [5.74, 6) is 0. The van der Waals surface area contributed by atoms with Crippen LogP contribution in [0.15, 0.2) is 12.4 Å². The molecule has 5 heteroatoms. The molecule has 1 aromatic rings. The van der Waals surface area contributed by atoms with E-state index in [2.05, 4.69) is 17.0 Å². The number of aromatic nitrogens is 2. The summed E-state index contributed by atoms with van der Waals surface area (Å²) in [7, 11) is 2.05. The highest BCUT2D eigenvalue weighted by Crippen LogP contribution is 2.12. The van der Waals surface area contributed by atoms with Gasteiger partial charge in [0.1, 0.15) is 0 Å². The minimum atomic E-state index is -0.452. The Morgan fingerprint density at radius 3 is 3.12 bits per heavy atom. The number of morpholine rings is 1. The van der Waals surface area contributed by atoms with Crippen LogP contribution in [0.2, 0.25) is 0 Å². The third-order valence-corrected chi connectivity index (χ3v) is 3.18. The van der Waals surface area contributed by atoms with E-state index in [1.54, 1.807) is 0 Å². The first-order valence-electron chi connectivity index (χ1n) is 6.18. The Balaban J connectivity index is 1.89. The van der Waals surface area contributed by atoms with E-state index >= 15 is 0 Å². The van der Waals surface area contributed by atoms with Gasteiger partial charge in [-0.25, -0.2) is 0 Å². The van der Waals surface area contributed by atoms with Gasteiger partial charge < -0.3 is 14.7 Å². The second-order valence-corrected chi connectivity index (χ2v) is 4.65. The van der Waals surface area contributed by atoms with Crippen LogP contribution >= 0.6 is 0 Å². The summed E-state index contributed by atoms with van der Waals surface area (Å²) in [6.07, 6.45) is 3.87. The summed E-state index contributed by atoms with van der Waals surface area (Å²) in [5.41, 5.74) is 1.07. The fourth-order valence-electron chi connectivity index (χ4n) is 2.10. The molecule has 5 nitrogen and oxygen atoms in total. The number of aliphatic hydroxyl groups excluding tert-OH is 1. The van der Waals surface area contributed by atoms with Crippen molar-refractivity contribution >= 4 is 0 Å². The predicted molar refractivity (Wildman–Crippen MR) is 64.8 cm³/mol. The summed E-state index contributed by atoms with van der Waals surface area (Å²) in [6.45, 7) is 5.34. The van der Waals surface area contributed by atoms with Crippen molar-refractivity contribution in [2.45, 2.75) is 32.1 Å². The minimum Gasteiger partial charge on any atom is -0.390 e. The maximum Gasteiger partial charge on any atom is 0.0964 e. The number of likely N-dealkylation sites (N-methyl/N-ethyl adjacent to an activating group) is 1. The van der Waals surface area contributed by atoms with E-state index < -0.39 is 6.10 Å². The van der Waals surface area contributed by atoms with Crippen molar-refractivity contribution in [1.82, 2.24) is 14.7 Å². The van der Waals surface area contributed by atoms with E-state index in [1.807, 2.05) is 24.0 Å². The molecule has 1 fully saturated rings. The second-order valence-electron chi connectivity index (χ2n) is 4.65.